The van der Waals surface area contributed by atoms with Crippen LogP contribution in [0, 0.1) is 0 Å². The highest BCUT2D eigenvalue weighted by Gasteiger charge is 2.26. The maximum atomic E-state index is 5.91. The Morgan fingerprint density at radius 3 is 1.27 bits per heavy atom. The Morgan fingerprint density at radius 2 is 0.909 bits per heavy atom. The normalized spacial score (nSPS) is 12.3. The third kappa shape index (κ3) is 3.10. The summed E-state index contributed by atoms with van der Waals surface area (Å²) in [5.41, 5.74) is 3.73. The molecule has 1 atom stereocenters. The summed E-state index contributed by atoms with van der Waals surface area (Å²) in [5, 5.41) is 0. The van der Waals surface area contributed by atoms with E-state index in [0.29, 0.717) is 0 Å². The summed E-state index contributed by atoms with van der Waals surface area (Å²) in [7, 11) is 1.79. The minimum absolute atomic E-state index is 0.00833. The SMILES string of the molecule is COC(c1ccccc1)C(c1ccccc1)c1ccccc1. The van der Waals surface area contributed by atoms with Crippen molar-refractivity contribution in [2.75, 3.05) is 7.11 Å². The molecule has 0 aromatic heterocycles. The first-order valence-electron chi connectivity index (χ1n) is 7.58. The van der Waals surface area contributed by atoms with Crippen LogP contribution in [0.5, 0.6) is 0 Å². The predicted octanol–water partition coefficient (Wildman–Crippen LogP) is 5.21. The van der Waals surface area contributed by atoms with Gasteiger partial charge in [0.25, 0.3) is 0 Å². The van der Waals surface area contributed by atoms with Crippen molar-refractivity contribution >= 4 is 0 Å². The van der Waals surface area contributed by atoms with Gasteiger partial charge in [0.2, 0.25) is 0 Å². The Bertz CT molecular complexity index is 637. The molecule has 0 aliphatic carbocycles. The van der Waals surface area contributed by atoms with E-state index in [1.165, 1.54) is 16.7 Å². The van der Waals surface area contributed by atoms with Gasteiger partial charge in [-0.1, -0.05) is 91.0 Å². The van der Waals surface area contributed by atoms with Crippen LogP contribution >= 0.6 is 0 Å². The Labute approximate surface area is 132 Å². The average Bonchev–Trinajstić information content (AvgIpc) is 2.62. The third-order valence-corrected chi connectivity index (χ3v) is 4.00. The molecule has 0 bridgehead atoms. The minimum Gasteiger partial charge on any atom is -0.376 e. The molecular formula is C21H20O. The molecule has 1 nitrogen and oxygen atoms in total. The Kier molecular flexibility index (Phi) is 4.67. The summed E-state index contributed by atoms with van der Waals surface area (Å²) in [6, 6.07) is 31.6. The van der Waals surface area contributed by atoms with E-state index in [4.69, 9.17) is 4.74 Å². The number of rotatable bonds is 5. The van der Waals surface area contributed by atoms with E-state index in [-0.39, 0.29) is 12.0 Å². The van der Waals surface area contributed by atoms with E-state index in [2.05, 4.69) is 84.9 Å². The fraction of sp³-hybridized carbons (Fsp3) is 0.143. The Balaban J connectivity index is 2.09. The van der Waals surface area contributed by atoms with Crippen LogP contribution in [0.3, 0.4) is 0 Å². The van der Waals surface area contributed by atoms with Gasteiger partial charge in [0.1, 0.15) is 0 Å². The Hall–Kier alpha value is -2.38. The average molecular weight is 288 g/mol. The monoisotopic (exact) mass is 288 g/mol. The summed E-state index contributed by atoms with van der Waals surface area (Å²) in [4.78, 5) is 0. The second-order valence-corrected chi connectivity index (χ2v) is 5.37. The zero-order valence-electron chi connectivity index (χ0n) is 12.7. The quantitative estimate of drug-likeness (QED) is 0.626. The molecule has 0 heterocycles. The fourth-order valence-electron chi connectivity index (χ4n) is 2.97. The van der Waals surface area contributed by atoms with Gasteiger partial charge in [-0.05, 0) is 16.7 Å². The van der Waals surface area contributed by atoms with Gasteiger partial charge in [-0.3, -0.25) is 0 Å². The van der Waals surface area contributed by atoms with Crippen LogP contribution in [-0.2, 0) is 4.74 Å². The molecule has 1 heteroatoms. The fourth-order valence-corrected chi connectivity index (χ4v) is 2.97. The molecule has 110 valence electrons. The van der Waals surface area contributed by atoms with Gasteiger partial charge >= 0.3 is 0 Å². The van der Waals surface area contributed by atoms with Crippen LogP contribution in [0.1, 0.15) is 28.7 Å². The van der Waals surface area contributed by atoms with Gasteiger partial charge in [0, 0.05) is 13.0 Å². The molecule has 3 aromatic rings. The topological polar surface area (TPSA) is 9.23 Å². The molecule has 0 radical (unpaired) electrons. The van der Waals surface area contributed by atoms with Crippen molar-refractivity contribution in [1.82, 2.24) is 0 Å². The molecule has 0 spiro atoms. The summed E-state index contributed by atoms with van der Waals surface area (Å²) in [6.07, 6.45) is -0.00833. The van der Waals surface area contributed by atoms with E-state index in [1.54, 1.807) is 7.11 Å². The first-order valence-corrected chi connectivity index (χ1v) is 7.58. The van der Waals surface area contributed by atoms with Crippen molar-refractivity contribution in [1.29, 1.82) is 0 Å². The second-order valence-electron chi connectivity index (χ2n) is 5.37. The van der Waals surface area contributed by atoms with Gasteiger partial charge in [0.15, 0.2) is 0 Å². The number of benzene rings is 3. The summed E-state index contributed by atoms with van der Waals surface area (Å²) in [6.45, 7) is 0. The van der Waals surface area contributed by atoms with Gasteiger partial charge < -0.3 is 4.74 Å². The van der Waals surface area contributed by atoms with E-state index >= 15 is 0 Å². The summed E-state index contributed by atoms with van der Waals surface area (Å²) < 4.78 is 5.91. The molecule has 0 N–H and O–H groups in total. The van der Waals surface area contributed by atoms with Crippen LogP contribution in [0.4, 0.5) is 0 Å². The van der Waals surface area contributed by atoms with E-state index in [9.17, 15) is 0 Å². The summed E-state index contributed by atoms with van der Waals surface area (Å²) in [5.74, 6) is 0.176. The van der Waals surface area contributed by atoms with Crippen LogP contribution in [0.15, 0.2) is 91.0 Å². The van der Waals surface area contributed by atoms with Crippen molar-refractivity contribution in [2.24, 2.45) is 0 Å². The molecular weight excluding hydrogens is 268 g/mol. The molecule has 0 fully saturated rings. The lowest BCUT2D eigenvalue weighted by Gasteiger charge is -2.27. The largest absolute Gasteiger partial charge is 0.376 e. The highest BCUT2D eigenvalue weighted by Crippen LogP contribution is 2.38. The first kappa shape index (κ1) is 14.6. The molecule has 3 aromatic carbocycles. The lowest BCUT2D eigenvalue weighted by molar-refractivity contribution is 0.0891. The van der Waals surface area contributed by atoms with Crippen molar-refractivity contribution in [3.8, 4) is 0 Å². The van der Waals surface area contributed by atoms with Crippen LogP contribution in [0.25, 0.3) is 0 Å². The van der Waals surface area contributed by atoms with E-state index < -0.39 is 0 Å². The minimum atomic E-state index is -0.00833. The number of hydrogen-bond donors (Lipinski definition) is 0. The smallest absolute Gasteiger partial charge is 0.0930 e. The zero-order chi connectivity index (χ0) is 15.2. The van der Waals surface area contributed by atoms with Gasteiger partial charge in [0.05, 0.1) is 6.10 Å². The standard InChI is InChI=1S/C21H20O/c1-22-21(19-15-9-4-10-16-19)20(17-11-5-2-6-12-17)18-13-7-3-8-14-18/h2-16,20-21H,1H3. The van der Waals surface area contributed by atoms with Crippen molar-refractivity contribution < 1.29 is 4.74 Å². The van der Waals surface area contributed by atoms with Crippen molar-refractivity contribution in [3.63, 3.8) is 0 Å². The van der Waals surface area contributed by atoms with Crippen LogP contribution < -0.4 is 0 Å². The molecule has 22 heavy (non-hydrogen) atoms. The number of methoxy groups -OCH3 is 1. The third-order valence-electron chi connectivity index (χ3n) is 4.00. The van der Waals surface area contributed by atoms with E-state index in [0.717, 1.165) is 0 Å². The molecule has 0 saturated carbocycles. The predicted molar refractivity (Wildman–Crippen MR) is 90.9 cm³/mol. The maximum absolute atomic E-state index is 5.91. The zero-order valence-corrected chi connectivity index (χ0v) is 12.7. The molecule has 0 amide bonds. The lowest BCUT2D eigenvalue weighted by Crippen LogP contribution is -2.14. The van der Waals surface area contributed by atoms with Crippen molar-refractivity contribution in [3.05, 3.63) is 108 Å². The highest BCUT2D eigenvalue weighted by molar-refractivity contribution is 5.37. The second kappa shape index (κ2) is 7.06. The summed E-state index contributed by atoms with van der Waals surface area (Å²) >= 11 is 0. The van der Waals surface area contributed by atoms with Crippen LogP contribution in [0.2, 0.25) is 0 Å². The first-order chi connectivity index (χ1) is 10.9. The maximum Gasteiger partial charge on any atom is 0.0930 e. The molecule has 0 aliphatic heterocycles. The number of hydrogen-bond acceptors (Lipinski definition) is 1. The van der Waals surface area contributed by atoms with Crippen LogP contribution in [-0.4, -0.2) is 7.11 Å². The molecule has 3 rings (SSSR count). The van der Waals surface area contributed by atoms with Gasteiger partial charge in [-0.25, -0.2) is 0 Å². The lowest BCUT2D eigenvalue weighted by atomic mass is 9.83. The Morgan fingerprint density at radius 1 is 0.545 bits per heavy atom. The van der Waals surface area contributed by atoms with Gasteiger partial charge in [-0.2, -0.15) is 0 Å². The van der Waals surface area contributed by atoms with E-state index in [1.807, 2.05) is 6.07 Å². The van der Waals surface area contributed by atoms with Crippen molar-refractivity contribution in [2.45, 2.75) is 12.0 Å². The highest BCUT2D eigenvalue weighted by atomic mass is 16.5. The molecule has 0 saturated heterocycles. The number of ether oxygens (including phenoxy) is 1. The molecule has 1 unspecified atom stereocenters. The van der Waals surface area contributed by atoms with Gasteiger partial charge in [-0.15, -0.1) is 0 Å². The molecule has 0 aliphatic rings.